The molecule has 0 aliphatic carbocycles. The molecule has 0 saturated carbocycles. The number of rotatable bonds is 2. The minimum atomic E-state index is -0.958. The normalized spacial score (nSPS) is 18.9. The van der Waals surface area contributed by atoms with Crippen LogP contribution < -0.4 is 5.32 Å². The van der Waals surface area contributed by atoms with Gasteiger partial charge < -0.3 is 10.4 Å². The van der Waals surface area contributed by atoms with Gasteiger partial charge in [-0.1, -0.05) is 29.3 Å². The number of benzene rings is 1. The average Bonchev–Trinajstić information content (AvgIpc) is 2.29. The summed E-state index contributed by atoms with van der Waals surface area (Å²) in [7, 11) is 0. The number of nitrogens with one attached hydrogen (secondary N) is 1. The summed E-state index contributed by atoms with van der Waals surface area (Å²) >= 11 is 12.3. The lowest BCUT2D eigenvalue weighted by atomic mass is 9.73. The fourth-order valence-corrected chi connectivity index (χ4v) is 3.14. The van der Waals surface area contributed by atoms with Gasteiger partial charge in [-0.3, -0.25) is 4.79 Å². The van der Waals surface area contributed by atoms with Crippen molar-refractivity contribution >= 4 is 29.2 Å². The average molecular weight is 274 g/mol. The predicted molar refractivity (Wildman–Crippen MR) is 67.9 cm³/mol. The first-order valence-corrected chi connectivity index (χ1v) is 6.22. The van der Waals surface area contributed by atoms with Crippen LogP contribution in [0.1, 0.15) is 18.4 Å². The third kappa shape index (κ3) is 2.15. The van der Waals surface area contributed by atoms with Crippen molar-refractivity contribution in [1.29, 1.82) is 0 Å². The molecule has 1 aromatic carbocycles. The van der Waals surface area contributed by atoms with Gasteiger partial charge in [-0.05, 0) is 38.1 Å². The second-order valence-corrected chi connectivity index (χ2v) is 5.05. The molecule has 1 aromatic rings. The summed E-state index contributed by atoms with van der Waals surface area (Å²) in [5.41, 5.74) is -0.405. The molecule has 2 rings (SSSR count). The van der Waals surface area contributed by atoms with E-state index in [0.29, 0.717) is 41.5 Å². The molecule has 0 bridgehead atoms. The number of hydrogen-bond acceptors (Lipinski definition) is 2. The van der Waals surface area contributed by atoms with E-state index in [-0.39, 0.29) is 0 Å². The summed E-state index contributed by atoms with van der Waals surface area (Å²) in [5.74, 6) is -0.853. The third-order valence-corrected chi connectivity index (χ3v) is 3.94. The van der Waals surface area contributed by atoms with Crippen LogP contribution in [0.5, 0.6) is 0 Å². The Hall–Kier alpha value is -0.770. The molecule has 17 heavy (non-hydrogen) atoms. The van der Waals surface area contributed by atoms with Crippen LogP contribution in [0.15, 0.2) is 18.2 Å². The van der Waals surface area contributed by atoms with E-state index in [0.717, 1.165) is 0 Å². The Morgan fingerprint density at radius 3 is 2.24 bits per heavy atom. The molecule has 0 aromatic heterocycles. The lowest BCUT2D eigenvalue weighted by Crippen LogP contribution is -2.45. The number of halogens is 2. The van der Waals surface area contributed by atoms with Crippen molar-refractivity contribution < 1.29 is 9.90 Å². The third-order valence-electron chi connectivity index (χ3n) is 3.31. The molecule has 0 spiro atoms. The van der Waals surface area contributed by atoms with E-state index < -0.39 is 11.4 Å². The van der Waals surface area contributed by atoms with Crippen LogP contribution in [-0.2, 0) is 10.2 Å². The Morgan fingerprint density at radius 2 is 1.76 bits per heavy atom. The van der Waals surface area contributed by atoms with Gasteiger partial charge in [-0.15, -0.1) is 0 Å². The van der Waals surface area contributed by atoms with Gasteiger partial charge in [0.25, 0.3) is 0 Å². The van der Waals surface area contributed by atoms with Crippen LogP contribution in [0.25, 0.3) is 0 Å². The molecule has 1 saturated heterocycles. The first-order valence-electron chi connectivity index (χ1n) is 5.46. The molecule has 0 unspecified atom stereocenters. The predicted octanol–water partition coefficient (Wildman–Crippen LogP) is 2.70. The van der Waals surface area contributed by atoms with Gasteiger partial charge in [-0.25, -0.2) is 0 Å². The molecule has 5 heteroatoms. The van der Waals surface area contributed by atoms with Crippen molar-refractivity contribution in [3.05, 3.63) is 33.8 Å². The van der Waals surface area contributed by atoms with Gasteiger partial charge in [0, 0.05) is 15.6 Å². The summed E-state index contributed by atoms with van der Waals surface area (Å²) in [6.45, 7) is 1.32. The molecular formula is C12H13Cl2NO2. The zero-order valence-corrected chi connectivity index (χ0v) is 10.7. The first-order chi connectivity index (χ1) is 8.08. The molecule has 1 fully saturated rings. The standard InChI is InChI=1S/C12H13Cl2NO2/c13-8-2-1-3-9(14)10(8)12(11(16)17)4-6-15-7-5-12/h1-3,15H,4-7H2,(H,16,17). The van der Waals surface area contributed by atoms with E-state index in [1.165, 1.54) is 0 Å². The Labute approximate surface area is 110 Å². The van der Waals surface area contributed by atoms with E-state index >= 15 is 0 Å². The Kier molecular flexibility index (Phi) is 3.61. The Balaban J connectivity index is 2.56. The van der Waals surface area contributed by atoms with E-state index in [9.17, 15) is 9.90 Å². The van der Waals surface area contributed by atoms with Gasteiger partial charge >= 0.3 is 5.97 Å². The molecule has 1 aliphatic heterocycles. The van der Waals surface area contributed by atoms with Crippen LogP contribution in [0.4, 0.5) is 0 Å². The molecule has 0 radical (unpaired) electrons. The number of piperidine rings is 1. The zero-order chi connectivity index (χ0) is 12.5. The van der Waals surface area contributed by atoms with Gasteiger partial charge in [0.2, 0.25) is 0 Å². The fourth-order valence-electron chi connectivity index (χ4n) is 2.38. The van der Waals surface area contributed by atoms with Crippen LogP contribution in [-0.4, -0.2) is 24.2 Å². The van der Waals surface area contributed by atoms with Crippen molar-refractivity contribution in [3.8, 4) is 0 Å². The van der Waals surface area contributed by atoms with Crippen molar-refractivity contribution in [2.45, 2.75) is 18.3 Å². The molecule has 92 valence electrons. The lowest BCUT2D eigenvalue weighted by Gasteiger charge is -2.35. The quantitative estimate of drug-likeness (QED) is 0.871. The second kappa shape index (κ2) is 4.84. The monoisotopic (exact) mass is 273 g/mol. The maximum Gasteiger partial charge on any atom is 0.314 e. The Morgan fingerprint density at radius 1 is 1.24 bits per heavy atom. The summed E-state index contributed by atoms with van der Waals surface area (Å²) in [4.78, 5) is 11.6. The topological polar surface area (TPSA) is 49.3 Å². The second-order valence-electron chi connectivity index (χ2n) is 4.23. The smallest absolute Gasteiger partial charge is 0.314 e. The minimum absolute atomic E-state index is 0.432. The maximum atomic E-state index is 11.6. The minimum Gasteiger partial charge on any atom is -0.481 e. The molecule has 3 nitrogen and oxygen atoms in total. The van der Waals surface area contributed by atoms with Crippen molar-refractivity contribution in [2.75, 3.05) is 13.1 Å². The molecule has 1 aliphatic rings. The highest BCUT2D eigenvalue weighted by Gasteiger charge is 2.44. The van der Waals surface area contributed by atoms with Gasteiger partial charge in [-0.2, -0.15) is 0 Å². The van der Waals surface area contributed by atoms with Crippen LogP contribution in [0.3, 0.4) is 0 Å². The highest BCUT2D eigenvalue weighted by molar-refractivity contribution is 6.36. The molecule has 2 N–H and O–H groups in total. The van der Waals surface area contributed by atoms with Gasteiger partial charge in [0.1, 0.15) is 0 Å². The fraction of sp³-hybridized carbons (Fsp3) is 0.417. The highest BCUT2D eigenvalue weighted by Crippen LogP contribution is 2.41. The van der Waals surface area contributed by atoms with Gasteiger partial charge in [0.05, 0.1) is 5.41 Å². The number of carbonyl (C=O) groups is 1. The van der Waals surface area contributed by atoms with Gasteiger partial charge in [0.15, 0.2) is 0 Å². The van der Waals surface area contributed by atoms with Crippen molar-refractivity contribution in [1.82, 2.24) is 5.32 Å². The molecule has 0 atom stereocenters. The molecular weight excluding hydrogens is 261 g/mol. The maximum absolute atomic E-state index is 11.6. The van der Waals surface area contributed by atoms with Crippen molar-refractivity contribution in [3.63, 3.8) is 0 Å². The van der Waals surface area contributed by atoms with E-state index in [4.69, 9.17) is 23.2 Å². The number of carboxylic acid groups (broad SMARTS) is 1. The SMILES string of the molecule is O=C(O)C1(c2c(Cl)cccc2Cl)CCNCC1. The summed E-state index contributed by atoms with van der Waals surface area (Å²) < 4.78 is 0. The van der Waals surface area contributed by atoms with Crippen LogP contribution >= 0.6 is 23.2 Å². The van der Waals surface area contributed by atoms with E-state index in [1.54, 1.807) is 18.2 Å². The largest absolute Gasteiger partial charge is 0.481 e. The van der Waals surface area contributed by atoms with Crippen LogP contribution in [0, 0.1) is 0 Å². The zero-order valence-electron chi connectivity index (χ0n) is 9.17. The van der Waals surface area contributed by atoms with E-state index in [2.05, 4.69) is 5.32 Å². The highest BCUT2D eigenvalue weighted by atomic mass is 35.5. The number of aliphatic carboxylic acids is 1. The summed E-state index contributed by atoms with van der Waals surface area (Å²) in [6, 6.07) is 5.11. The molecule has 1 heterocycles. The lowest BCUT2D eigenvalue weighted by molar-refractivity contribution is -0.145. The summed E-state index contributed by atoms with van der Waals surface area (Å²) in [6.07, 6.45) is 1.01. The van der Waals surface area contributed by atoms with Crippen LogP contribution in [0.2, 0.25) is 10.0 Å². The Bertz CT molecular complexity index is 422. The van der Waals surface area contributed by atoms with Crippen molar-refractivity contribution in [2.24, 2.45) is 0 Å². The first kappa shape index (κ1) is 12.7. The van der Waals surface area contributed by atoms with E-state index in [1.807, 2.05) is 0 Å². The number of hydrogen-bond donors (Lipinski definition) is 2. The number of carboxylic acids is 1. The molecule has 0 amide bonds. The summed E-state index contributed by atoms with van der Waals surface area (Å²) in [5, 5.41) is 13.6.